The molecule has 0 aromatic heterocycles. The fourth-order valence-corrected chi connectivity index (χ4v) is 5.24. The van der Waals surface area contributed by atoms with Gasteiger partial charge in [0.2, 0.25) is 5.91 Å². The number of carbonyl (C=O) groups excluding carboxylic acids is 2. The monoisotopic (exact) mass is 384 g/mol. The van der Waals surface area contributed by atoms with Crippen LogP contribution in [-0.2, 0) is 4.79 Å². The summed E-state index contributed by atoms with van der Waals surface area (Å²) in [5, 5.41) is 3.27. The number of carbonyl (C=O) groups is 2. The van der Waals surface area contributed by atoms with Crippen molar-refractivity contribution in [2.45, 2.75) is 40.6 Å². The Hall–Kier alpha value is -1.92. The maximum atomic E-state index is 13.3. The van der Waals surface area contributed by atoms with Crippen molar-refractivity contribution in [1.29, 1.82) is 0 Å². The highest BCUT2D eigenvalue weighted by Gasteiger charge is 2.27. The molecule has 0 radical (unpaired) electrons. The van der Waals surface area contributed by atoms with Crippen LogP contribution in [0.25, 0.3) is 0 Å². The number of fused-ring (bicyclic) bond motifs is 2. The zero-order chi connectivity index (χ0) is 18.3. The number of hydrogen-bond acceptors (Lipinski definition) is 4. The number of nitrogens with zero attached hydrogens (tertiary/aromatic N) is 1. The van der Waals surface area contributed by atoms with E-state index in [1.165, 1.54) is 11.8 Å². The highest BCUT2D eigenvalue weighted by molar-refractivity contribution is 8.01. The largest absolute Gasteiger partial charge is 0.324 e. The molecule has 0 unspecified atom stereocenters. The van der Waals surface area contributed by atoms with Crippen LogP contribution in [-0.4, -0.2) is 28.9 Å². The minimum atomic E-state index is -0.111. The Labute approximate surface area is 161 Å². The van der Waals surface area contributed by atoms with Crippen LogP contribution in [0.1, 0.15) is 30.6 Å². The zero-order valence-corrected chi connectivity index (χ0v) is 16.3. The van der Waals surface area contributed by atoms with Gasteiger partial charge in [-0.3, -0.25) is 9.59 Å². The second-order valence-corrected chi connectivity index (χ2v) is 9.46. The molecule has 6 heteroatoms. The first kappa shape index (κ1) is 17.5. The van der Waals surface area contributed by atoms with Crippen LogP contribution in [0.2, 0.25) is 0 Å². The molecule has 0 saturated carbocycles. The van der Waals surface area contributed by atoms with E-state index in [4.69, 9.17) is 0 Å². The number of anilines is 2. The average Bonchev–Trinajstić information content (AvgIpc) is 2.80. The lowest BCUT2D eigenvalue weighted by atomic mass is 10.1. The van der Waals surface area contributed by atoms with Crippen molar-refractivity contribution in [3.05, 3.63) is 48.0 Å². The molecule has 1 N–H and O–H groups in total. The number of nitrogens with one attached hydrogen (secondary N) is 1. The molecule has 2 heterocycles. The minimum Gasteiger partial charge on any atom is -0.324 e. The standard InChI is InChI=1S/C20H20N2O2S2/c1-12-9-10-22(16-5-3-4-6-18(16)25-12)20(24)14-7-8-17-15(11-14)21-19(23)13(2)26-17/h3-8,11-13H,9-10H2,1-2H3,(H,21,23)/t12-,13+/m0/s1. The van der Waals surface area contributed by atoms with Crippen LogP contribution in [0.3, 0.4) is 0 Å². The van der Waals surface area contributed by atoms with Crippen molar-refractivity contribution in [2.24, 2.45) is 0 Å². The van der Waals surface area contributed by atoms with Crippen LogP contribution in [0.5, 0.6) is 0 Å². The van der Waals surface area contributed by atoms with E-state index >= 15 is 0 Å². The summed E-state index contributed by atoms with van der Waals surface area (Å²) in [5.74, 6) is -0.0368. The van der Waals surface area contributed by atoms with Crippen LogP contribution >= 0.6 is 23.5 Å². The van der Waals surface area contributed by atoms with E-state index in [1.54, 1.807) is 6.07 Å². The smallest absolute Gasteiger partial charge is 0.258 e. The number of rotatable bonds is 1. The third-order valence-corrected chi connectivity index (χ3v) is 7.06. The first-order valence-corrected chi connectivity index (χ1v) is 10.5. The third-order valence-electron chi connectivity index (χ3n) is 4.65. The summed E-state index contributed by atoms with van der Waals surface area (Å²) in [6.07, 6.45) is 0.945. The van der Waals surface area contributed by atoms with Crippen molar-refractivity contribution in [3.8, 4) is 0 Å². The highest BCUT2D eigenvalue weighted by atomic mass is 32.2. The summed E-state index contributed by atoms with van der Waals surface area (Å²) in [4.78, 5) is 29.2. The van der Waals surface area contributed by atoms with Crippen LogP contribution in [0, 0.1) is 0 Å². The maximum absolute atomic E-state index is 13.3. The second kappa shape index (κ2) is 7.00. The first-order chi connectivity index (χ1) is 12.5. The lowest BCUT2D eigenvalue weighted by molar-refractivity contribution is -0.115. The number of hydrogen-bond donors (Lipinski definition) is 1. The van der Waals surface area contributed by atoms with Gasteiger partial charge in [-0.2, -0.15) is 0 Å². The third kappa shape index (κ3) is 3.23. The van der Waals surface area contributed by atoms with Crippen LogP contribution < -0.4 is 10.2 Å². The lowest BCUT2D eigenvalue weighted by Crippen LogP contribution is -2.32. The molecule has 0 spiro atoms. The Morgan fingerprint density at radius 2 is 1.92 bits per heavy atom. The Morgan fingerprint density at radius 1 is 1.12 bits per heavy atom. The molecule has 2 atom stereocenters. The molecule has 134 valence electrons. The van der Waals surface area contributed by atoms with Gasteiger partial charge >= 0.3 is 0 Å². The molecule has 0 fully saturated rings. The van der Waals surface area contributed by atoms with E-state index in [9.17, 15) is 9.59 Å². The molecule has 26 heavy (non-hydrogen) atoms. The summed E-state index contributed by atoms with van der Waals surface area (Å²) >= 11 is 3.35. The molecule has 4 rings (SSSR count). The van der Waals surface area contributed by atoms with Gasteiger partial charge in [-0.1, -0.05) is 19.1 Å². The van der Waals surface area contributed by atoms with Gasteiger partial charge in [-0.15, -0.1) is 23.5 Å². The quantitative estimate of drug-likeness (QED) is 0.777. The molecular weight excluding hydrogens is 364 g/mol. The number of para-hydroxylation sites is 1. The predicted octanol–water partition coefficient (Wildman–Crippen LogP) is 4.65. The molecule has 2 amide bonds. The van der Waals surface area contributed by atoms with Crippen LogP contribution in [0.15, 0.2) is 52.3 Å². The Morgan fingerprint density at radius 3 is 2.77 bits per heavy atom. The van der Waals surface area contributed by atoms with Gasteiger partial charge in [0.25, 0.3) is 5.91 Å². The van der Waals surface area contributed by atoms with E-state index in [0.717, 1.165) is 27.6 Å². The molecule has 0 bridgehead atoms. The second-order valence-electron chi connectivity index (χ2n) is 6.60. The van der Waals surface area contributed by atoms with Gasteiger partial charge in [-0.05, 0) is 43.7 Å². The Bertz CT molecular complexity index is 884. The number of benzene rings is 2. The summed E-state index contributed by atoms with van der Waals surface area (Å²) in [6, 6.07) is 13.7. The minimum absolute atomic E-state index is 0.0163. The summed E-state index contributed by atoms with van der Waals surface area (Å²) in [7, 11) is 0. The van der Waals surface area contributed by atoms with Gasteiger partial charge in [0, 0.05) is 27.1 Å². The lowest BCUT2D eigenvalue weighted by Gasteiger charge is -2.25. The molecule has 4 nitrogen and oxygen atoms in total. The number of thioether (sulfide) groups is 2. The van der Waals surface area contributed by atoms with Gasteiger partial charge in [0.15, 0.2) is 0 Å². The van der Waals surface area contributed by atoms with Gasteiger partial charge in [0.1, 0.15) is 0 Å². The molecule has 2 aromatic rings. The Kier molecular flexibility index (Phi) is 4.71. The predicted molar refractivity (Wildman–Crippen MR) is 108 cm³/mol. The van der Waals surface area contributed by atoms with Crippen molar-refractivity contribution in [1.82, 2.24) is 0 Å². The SMILES string of the molecule is C[C@H]1CCN(C(=O)c2ccc3c(c2)NC(=O)[C@@H](C)S3)c2ccccc2S1. The fourth-order valence-electron chi connectivity index (χ4n) is 3.20. The molecule has 0 saturated heterocycles. The van der Waals surface area contributed by atoms with Crippen molar-refractivity contribution in [2.75, 3.05) is 16.8 Å². The topological polar surface area (TPSA) is 49.4 Å². The highest BCUT2D eigenvalue weighted by Crippen LogP contribution is 2.39. The molecule has 0 aliphatic carbocycles. The average molecular weight is 385 g/mol. The summed E-state index contributed by atoms with van der Waals surface area (Å²) in [5.41, 5.74) is 2.31. The first-order valence-electron chi connectivity index (χ1n) is 8.72. The molecular formula is C20H20N2O2S2. The normalized spacial score (nSPS) is 22.1. The van der Waals surface area contributed by atoms with E-state index in [-0.39, 0.29) is 17.1 Å². The van der Waals surface area contributed by atoms with E-state index in [0.29, 0.717) is 17.4 Å². The van der Waals surface area contributed by atoms with Crippen molar-refractivity contribution < 1.29 is 9.59 Å². The van der Waals surface area contributed by atoms with E-state index in [2.05, 4.69) is 18.3 Å². The summed E-state index contributed by atoms with van der Waals surface area (Å²) in [6.45, 7) is 4.77. The molecule has 2 aliphatic heterocycles. The fraction of sp³-hybridized carbons (Fsp3) is 0.300. The van der Waals surface area contributed by atoms with Crippen molar-refractivity contribution in [3.63, 3.8) is 0 Å². The Balaban J connectivity index is 1.68. The van der Waals surface area contributed by atoms with E-state index < -0.39 is 0 Å². The van der Waals surface area contributed by atoms with E-state index in [1.807, 2.05) is 53.9 Å². The zero-order valence-electron chi connectivity index (χ0n) is 14.7. The van der Waals surface area contributed by atoms with Gasteiger partial charge in [0.05, 0.1) is 16.6 Å². The molecule has 2 aliphatic rings. The molecule has 2 aromatic carbocycles. The number of amides is 2. The van der Waals surface area contributed by atoms with Crippen molar-refractivity contribution >= 4 is 46.7 Å². The van der Waals surface area contributed by atoms with Gasteiger partial charge in [-0.25, -0.2) is 0 Å². The maximum Gasteiger partial charge on any atom is 0.258 e. The summed E-state index contributed by atoms with van der Waals surface area (Å²) < 4.78 is 0. The van der Waals surface area contributed by atoms with Gasteiger partial charge < -0.3 is 10.2 Å². The van der Waals surface area contributed by atoms with Crippen LogP contribution in [0.4, 0.5) is 11.4 Å².